The summed E-state index contributed by atoms with van der Waals surface area (Å²) in [6.07, 6.45) is 0.652. The highest BCUT2D eigenvalue weighted by Gasteiger charge is 2.45. The maximum atomic E-state index is 13.5. The lowest BCUT2D eigenvalue weighted by molar-refractivity contribution is -0.137. The van der Waals surface area contributed by atoms with Crippen LogP contribution in [0, 0.1) is 0 Å². The molecule has 0 saturated heterocycles. The first-order valence-corrected chi connectivity index (χ1v) is 13.6. The Kier molecular flexibility index (Phi) is 8.25. The van der Waals surface area contributed by atoms with Crippen molar-refractivity contribution in [2.45, 2.75) is 115 Å². The molecular formula is C24H39F3O2Si. The van der Waals surface area contributed by atoms with Crippen molar-refractivity contribution in [3.8, 4) is 0 Å². The molecule has 172 valence electrons. The summed E-state index contributed by atoms with van der Waals surface area (Å²) in [5.41, 5.74) is 0.391. The SMILES string of the molecule is CC(C)[Si](OCc1cc(C(F)(F)F)ccc1C1(O)CCCCCC1)(C(C)C)C(C)C. The minimum atomic E-state index is -4.41. The number of hydrogen-bond acceptors (Lipinski definition) is 2. The van der Waals surface area contributed by atoms with Crippen molar-refractivity contribution < 1.29 is 22.7 Å². The third-order valence-electron chi connectivity index (χ3n) is 7.05. The molecule has 0 aliphatic heterocycles. The maximum absolute atomic E-state index is 13.5. The van der Waals surface area contributed by atoms with E-state index in [9.17, 15) is 18.3 Å². The minimum absolute atomic E-state index is 0.127. The van der Waals surface area contributed by atoms with Crippen molar-refractivity contribution in [1.29, 1.82) is 0 Å². The first kappa shape index (κ1) is 25.4. The smallest absolute Gasteiger partial charge is 0.412 e. The van der Waals surface area contributed by atoms with E-state index in [0.717, 1.165) is 31.7 Å². The lowest BCUT2D eigenvalue weighted by atomic mass is 9.83. The molecule has 1 N–H and O–H groups in total. The Morgan fingerprint density at radius 1 is 0.933 bits per heavy atom. The van der Waals surface area contributed by atoms with Crippen LogP contribution in [0.4, 0.5) is 13.2 Å². The van der Waals surface area contributed by atoms with Gasteiger partial charge in [0.1, 0.15) is 0 Å². The Hall–Kier alpha value is -0.853. The molecular weight excluding hydrogens is 405 g/mol. The second-order valence-electron chi connectivity index (χ2n) is 9.92. The summed E-state index contributed by atoms with van der Waals surface area (Å²) in [5, 5.41) is 11.4. The number of halogens is 3. The molecule has 30 heavy (non-hydrogen) atoms. The zero-order valence-electron chi connectivity index (χ0n) is 19.4. The second kappa shape index (κ2) is 9.74. The first-order chi connectivity index (χ1) is 13.8. The van der Waals surface area contributed by atoms with Crippen LogP contribution in [0.15, 0.2) is 18.2 Å². The predicted octanol–water partition coefficient (Wildman–Crippen LogP) is 7.94. The first-order valence-electron chi connectivity index (χ1n) is 11.4. The van der Waals surface area contributed by atoms with Crippen molar-refractivity contribution >= 4 is 8.32 Å². The molecule has 1 aliphatic carbocycles. The Morgan fingerprint density at radius 2 is 1.43 bits per heavy atom. The molecule has 1 saturated carbocycles. The standard InChI is InChI=1S/C24H39F3O2Si/c1-17(2)30(18(3)4,19(5)6)29-16-20-15-21(24(25,26)27)11-12-22(20)23(28)13-9-7-8-10-14-23/h11-12,15,17-19,28H,7-10,13-14,16H2,1-6H3. The fourth-order valence-corrected chi connectivity index (χ4v) is 11.0. The molecule has 2 nitrogen and oxygen atoms in total. The van der Waals surface area contributed by atoms with Crippen LogP contribution in [0.25, 0.3) is 0 Å². The summed E-state index contributed by atoms with van der Waals surface area (Å²) in [5.74, 6) is 0. The Labute approximate surface area is 181 Å². The Morgan fingerprint density at radius 3 is 1.87 bits per heavy atom. The van der Waals surface area contributed by atoms with Crippen LogP contribution >= 0.6 is 0 Å². The monoisotopic (exact) mass is 444 g/mol. The van der Waals surface area contributed by atoms with E-state index in [4.69, 9.17) is 4.43 Å². The van der Waals surface area contributed by atoms with E-state index in [1.165, 1.54) is 12.1 Å². The van der Waals surface area contributed by atoms with E-state index in [1.54, 1.807) is 0 Å². The summed E-state index contributed by atoms with van der Waals surface area (Å²) in [7, 11) is -2.24. The topological polar surface area (TPSA) is 29.5 Å². The van der Waals surface area contributed by atoms with Crippen molar-refractivity contribution in [2.75, 3.05) is 0 Å². The van der Waals surface area contributed by atoms with Crippen LogP contribution in [0.1, 0.15) is 96.8 Å². The number of aliphatic hydroxyl groups is 1. The quantitative estimate of drug-likeness (QED) is 0.342. The van der Waals surface area contributed by atoms with E-state index in [-0.39, 0.29) is 6.61 Å². The normalized spacial score (nSPS) is 18.3. The van der Waals surface area contributed by atoms with E-state index in [0.29, 0.717) is 40.6 Å². The molecule has 0 heterocycles. The molecule has 2 rings (SSSR count). The molecule has 1 fully saturated rings. The van der Waals surface area contributed by atoms with Crippen molar-refractivity contribution in [1.82, 2.24) is 0 Å². The van der Waals surface area contributed by atoms with E-state index in [1.807, 2.05) is 0 Å². The van der Waals surface area contributed by atoms with Gasteiger partial charge in [-0.1, -0.05) is 73.3 Å². The predicted molar refractivity (Wildman–Crippen MR) is 119 cm³/mol. The molecule has 0 unspecified atom stereocenters. The van der Waals surface area contributed by atoms with Gasteiger partial charge < -0.3 is 9.53 Å². The Balaban J connectivity index is 2.50. The molecule has 1 aromatic carbocycles. The highest BCUT2D eigenvalue weighted by molar-refractivity contribution is 6.77. The van der Waals surface area contributed by atoms with Crippen molar-refractivity contribution in [3.63, 3.8) is 0 Å². The molecule has 0 spiro atoms. The van der Waals surface area contributed by atoms with Crippen LogP contribution in [0.3, 0.4) is 0 Å². The second-order valence-corrected chi connectivity index (χ2v) is 15.4. The molecule has 6 heteroatoms. The minimum Gasteiger partial charge on any atom is -0.412 e. The summed E-state index contributed by atoms with van der Waals surface area (Å²) < 4.78 is 47.0. The number of rotatable bonds is 7. The van der Waals surface area contributed by atoms with Gasteiger partial charge in [-0.15, -0.1) is 0 Å². The number of alkyl halides is 3. The van der Waals surface area contributed by atoms with Gasteiger partial charge in [-0.05, 0) is 52.7 Å². The van der Waals surface area contributed by atoms with E-state index >= 15 is 0 Å². The maximum Gasteiger partial charge on any atom is 0.416 e. The molecule has 0 aromatic heterocycles. The lowest BCUT2D eigenvalue weighted by Gasteiger charge is -2.42. The van der Waals surface area contributed by atoms with Crippen LogP contribution in [0.2, 0.25) is 16.6 Å². The summed E-state index contributed by atoms with van der Waals surface area (Å²) in [6.45, 7) is 13.1. The average Bonchev–Trinajstić information content (AvgIpc) is 2.85. The third kappa shape index (κ3) is 5.31. The summed E-state index contributed by atoms with van der Waals surface area (Å²) >= 11 is 0. The Bertz CT molecular complexity index is 668. The zero-order chi connectivity index (χ0) is 22.7. The van der Waals surface area contributed by atoms with Gasteiger partial charge in [-0.3, -0.25) is 0 Å². The van der Waals surface area contributed by atoms with Gasteiger partial charge in [0.2, 0.25) is 8.32 Å². The van der Waals surface area contributed by atoms with Gasteiger partial charge in [-0.2, -0.15) is 13.2 Å². The molecule has 0 radical (unpaired) electrons. The molecule has 0 bridgehead atoms. The summed E-state index contributed by atoms with van der Waals surface area (Å²) in [6, 6.07) is 3.81. The van der Waals surface area contributed by atoms with Crippen LogP contribution in [0.5, 0.6) is 0 Å². The fourth-order valence-electron chi connectivity index (χ4n) is 5.63. The highest BCUT2D eigenvalue weighted by atomic mass is 28.4. The van der Waals surface area contributed by atoms with E-state index in [2.05, 4.69) is 41.5 Å². The van der Waals surface area contributed by atoms with Gasteiger partial charge in [0.25, 0.3) is 0 Å². The fraction of sp³-hybridized carbons (Fsp3) is 0.750. The van der Waals surface area contributed by atoms with Crippen molar-refractivity contribution in [3.05, 3.63) is 34.9 Å². The highest BCUT2D eigenvalue weighted by Crippen LogP contribution is 2.44. The molecule has 0 amide bonds. The average molecular weight is 445 g/mol. The van der Waals surface area contributed by atoms with Crippen LogP contribution in [-0.4, -0.2) is 13.4 Å². The van der Waals surface area contributed by atoms with E-state index < -0.39 is 25.7 Å². The lowest BCUT2D eigenvalue weighted by Crippen LogP contribution is -2.47. The van der Waals surface area contributed by atoms with Crippen LogP contribution < -0.4 is 0 Å². The molecule has 0 atom stereocenters. The van der Waals surface area contributed by atoms with Crippen molar-refractivity contribution in [2.24, 2.45) is 0 Å². The molecule has 1 aliphatic rings. The summed E-state index contributed by atoms with van der Waals surface area (Å²) in [4.78, 5) is 0. The number of benzene rings is 1. The van der Waals surface area contributed by atoms with Gasteiger partial charge in [0.05, 0.1) is 17.8 Å². The van der Waals surface area contributed by atoms with Gasteiger partial charge in [0.15, 0.2) is 0 Å². The van der Waals surface area contributed by atoms with Gasteiger partial charge >= 0.3 is 6.18 Å². The molecule has 1 aromatic rings. The van der Waals surface area contributed by atoms with Gasteiger partial charge in [0, 0.05) is 0 Å². The zero-order valence-corrected chi connectivity index (χ0v) is 20.4. The van der Waals surface area contributed by atoms with Gasteiger partial charge in [-0.25, -0.2) is 0 Å². The number of hydrogen-bond donors (Lipinski definition) is 1. The van der Waals surface area contributed by atoms with Crippen LogP contribution in [-0.2, 0) is 22.8 Å². The largest absolute Gasteiger partial charge is 0.416 e. The third-order valence-corrected chi connectivity index (χ3v) is 13.1.